The standard InChI is InChI=1S/C46H35N5S2/c1-29(33-15-8-5-9-16-33)48-30(2)41-24-23-38(26-47-41)40-28-53-32(4)43(40)42-31(3)52-27-39(42)36-21-14-22-37(25-36)46-50-44(34-17-10-6-11-18-34)49-45(51-46)35-19-12-7-13-20-35/h5-28H,2H2,1,3-4H3. The summed E-state index contributed by atoms with van der Waals surface area (Å²) < 4.78 is 0. The zero-order chi connectivity index (χ0) is 36.3. The first-order valence-electron chi connectivity index (χ1n) is 17.3. The molecule has 0 aliphatic carbocycles. The Hall–Kier alpha value is -6.15. The maximum atomic E-state index is 4.99. The molecule has 0 amide bonds. The highest BCUT2D eigenvalue weighted by atomic mass is 32.1. The first-order valence-corrected chi connectivity index (χ1v) is 19.1. The van der Waals surface area contributed by atoms with Crippen LogP contribution in [0.3, 0.4) is 0 Å². The van der Waals surface area contributed by atoms with E-state index in [1.807, 2.05) is 98.0 Å². The van der Waals surface area contributed by atoms with Crippen LogP contribution < -0.4 is 0 Å². The molecule has 0 aliphatic rings. The molecule has 8 rings (SSSR count). The number of pyridine rings is 1. The number of rotatable bonds is 9. The monoisotopic (exact) mass is 721 g/mol. The third kappa shape index (κ3) is 7.05. The van der Waals surface area contributed by atoms with Crippen molar-refractivity contribution < 1.29 is 0 Å². The van der Waals surface area contributed by atoms with E-state index in [-0.39, 0.29) is 0 Å². The van der Waals surface area contributed by atoms with E-state index in [2.05, 4.69) is 73.7 Å². The minimum atomic E-state index is 0.636. The molecule has 0 aliphatic heterocycles. The van der Waals surface area contributed by atoms with Gasteiger partial charge in [-0.2, -0.15) is 0 Å². The van der Waals surface area contributed by atoms with E-state index in [0.29, 0.717) is 23.2 Å². The molecule has 0 spiro atoms. The van der Waals surface area contributed by atoms with Gasteiger partial charge in [0.15, 0.2) is 17.5 Å². The van der Waals surface area contributed by atoms with E-state index in [0.717, 1.165) is 50.3 Å². The Morgan fingerprint density at radius 2 is 1.04 bits per heavy atom. The minimum absolute atomic E-state index is 0.636. The van der Waals surface area contributed by atoms with Gasteiger partial charge in [-0.15, -0.1) is 22.7 Å². The van der Waals surface area contributed by atoms with Gasteiger partial charge in [-0.1, -0.05) is 122 Å². The number of hydrogen-bond donors (Lipinski definition) is 0. The van der Waals surface area contributed by atoms with Crippen molar-refractivity contribution in [3.8, 4) is 67.5 Å². The van der Waals surface area contributed by atoms with Crippen LogP contribution in [0, 0.1) is 13.8 Å². The molecule has 53 heavy (non-hydrogen) atoms. The summed E-state index contributed by atoms with van der Waals surface area (Å²) in [6.07, 6.45) is 1.94. The molecule has 4 heterocycles. The Labute approximate surface area is 317 Å². The number of hydrogen-bond acceptors (Lipinski definition) is 7. The SMILES string of the molecule is C=C(N=C(C)c1ccccc1)c1ccc(-c2csc(C)c2-c2c(-c3cccc(-c4nc(-c5ccccc5)nc(-c5ccccc5)n4)c3)csc2C)cn1. The molecule has 0 saturated heterocycles. The first-order chi connectivity index (χ1) is 25.9. The Morgan fingerprint density at radius 1 is 0.547 bits per heavy atom. The fourth-order valence-corrected chi connectivity index (χ4v) is 8.20. The summed E-state index contributed by atoms with van der Waals surface area (Å²) in [6, 6.07) is 43.0. The van der Waals surface area contributed by atoms with Crippen molar-refractivity contribution in [1.82, 2.24) is 19.9 Å². The van der Waals surface area contributed by atoms with Gasteiger partial charge in [-0.25, -0.2) is 15.0 Å². The maximum Gasteiger partial charge on any atom is 0.164 e. The van der Waals surface area contributed by atoms with E-state index in [4.69, 9.17) is 24.9 Å². The fourth-order valence-electron chi connectivity index (χ4n) is 6.45. The van der Waals surface area contributed by atoms with Crippen LogP contribution in [0.5, 0.6) is 0 Å². The Bertz CT molecular complexity index is 2530. The minimum Gasteiger partial charge on any atom is -0.254 e. The Balaban J connectivity index is 1.15. The molecule has 0 unspecified atom stereocenters. The van der Waals surface area contributed by atoms with Crippen LogP contribution in [0.4, 0.5) is 0 Å². The second kappa shape index (κ2) is 14.8. The second-order valence-corrected chi connectivity index (χ2v) is 14.9. The van der Waals surface area contributed by atoms with Crippen LogP contribution in [-0.4, -0.2) is 25.6 Å². The first kappa shape index (κ1) is 34.0. The van der Waals surface area contributed by atoms with E-state index >= 15 is 0 Å². The van der Waals surface area contributed by atoms with Gasteiger partial charge < -0.3 is 0 Å². The van der Waals surface area contributed by atoms with Crippen molar-refractivity contribution in [2.24, 2.45) is 4.99 Å². The molecule has 0 atom stereocenters. The zero-order valence-corrected chi connectivity index (χ0v) is 31.2. The maximum absolute atomic E-state index is 4.99. The summed E-state index contributed by atoms with van der Waals surface area (Å²) in [6.45, 7) is 10.6. The molecule has 0 bridgehead atoms. The van der Waals surface area contributed by atoms with Gasteiger partial charge in [-0.05, 0) is 54.8 Å². The molecule has 0 saturated carbocycles. The molecule has 7 heteroatoms. The molecule has 8 aromatic rings. The highest BCUT2D eigenvalue weighted by molar-refractivity contribution is 7.12. The highest BCUT2D eigenvalue weighted by Crippen LogP contribution is 2.47. The molecular formula is C46H35N5S2. The Morgan fingerprint density at radius 3 is 1.58 bits per heavy atom. The van der Waals surface area contributed by atoms with Crippen molar-refractivity contribution in [3.63, 3.8) is 0 Å². The van der Waals surface area contributed by atoms with Crippen molar-refractivity contribution in [2.75, 3.05) is 0 Å². The number of aryl methyl sites for hydroxylation is 2. The summed E-state index contributed by atoms with van der Waals surface area (Å²) in [4.78, 5) is 27.0. The lowest BCUT2D eigenvalue weighted by Crippen LogP contribution is -2.00. The third-order valence-electron chi connectivity index (χ3n) is 9.20. The van der Waals surface area contributed by atoms with Crippen LogP contribution >= 0.6 is 22.7 Å². The van der Waals surface area contributed by atoms with Gasteiger partial charge in [0.05, 0.1) is 11.4 Å². The summed E-state index contributed by atoms with van der Waals surface area (Å²) in [5, 5.41) is 4.51. The van der Waals surface area contributed by atoms with E-state index in [1.54, 1.807) is 22.7 Å². The fraction of sp³-hybridized carbons (Fsp3) is 0.0652. The number of aliphatic imine (C=N–C) groups is 1. The largest absolute Gasteiger partial charge is 0.254 e. The average Bonchev–Trinajstić information content (AvgIpc) is 3.79. The molecule has 4 aromatic heterocycles. The molecule has 0 radical (unpaired) electrons. The molecule has 256 valence electrons. The van der Waals surface area contributed by atoms with Gasteiger partial charge in [0.25, 0.3) is 0 Å². The van der Waals surface area contributed by atoms with Gasteiger partial charge >= 0.3 is 0 Å². The third-order valence-corrected chi connectivity index (χ3v) is 11.0. The van der Waals surface area contributed by atoms with Gasteiger partial charge in [-0.3, -0.25) is 9.98 Å². The summed E-state index contributed by atoms with van der Waals surface area (Å²) in [7, 11) is 0. The normalized spacial score (nSPS) is 11.5. The molecule has 0 fully saturated rings. The summed E-state index contributed by atoms with van der Waals surface area (Å²) in [5.41, 5.74) is 13.2. The topological polar surface area (TPSA) is 63.9 Å². The summed E-state index contributed by atoms with van der Waals surface area (Å²) in [5.74, 6) is 1.93. The number of thiophene rings is 2. The number of benzene rings is 4. The van der Waals surface area contributed by atoms with Gasteiger partial charge in [0.2, 0.25) is 0 Å². The average molecular weight is 722 g/mol. The van der Waals surface area contributed by atoms with Crippen LogP contribution in [-0.2, 0) is 0 Å². The van der Waals surface area contributed by atoms with Crippen molar-refractivity contribution >= 4 is 34.1 Å². The van der Waals surface area contributed by atoms with E-state index in [1.165, 1.54) is 26.4 Å². The molecular weight excluding hydrogens is 687 g/mol. The number of nitrogens with zero attached hydrogens (tertiary/aromatic N) is 5. The van der Waals surface area contributed by atoms with Crippen molar-refractivity contribution in [3.05, 3.63) is 172 Å². The summed E-state index contributed by atoms with van der Waals surface area (Å²) >= 11 is 3.53. The predicted molar refractivity (Wildman–Crippen MR) is 223 cm³/mol. The van der Waals surface area contributed by atoms with Crippen molar-refractivity contribution in [2.45, 2.75) is 20.8 Å². The molecule has 5 nitrogen and oxygen atoms in total. The van der Waals surface area contributed by atoms with Crippen LogP contribution in [0.1, 0.15) is 27.9 Å². The second-order valence-electron chi connectivity index (χ2n) is 12.7. The number of aromatic nitrogens is 4. The zero-order valence-electron chi connectivity index (χ0n) is 29.6. The van der Waals surface area contributed by atoms with E-state index < -0.39 is 0 Å². The highest BCUT2D eigenvalue weighted by Gasteiger charge is 2.21. The predicted octanol–water partition coefficient (Wildman–Crippen LogP) is 12.5. The lowest BCUT2D eigenvalue weighted by molar-refractivity contribution is 1.07. The smallest absolute Gasteiger partial charge is 0.164 e. The lowest BCUT2D eigenvalue weighted by atomic mass is 9.92. The quantitative estimate of drug-likeness (QED) is 0.139. The molecule has 0 N–H and O–H groups in total. The lowest BCUT2D eigenvalue weighted by Gasteiger charge is -2.12. The van der Waals surface area contributed by atoms with Crippen LogP contribution in [0.25, 0.3) is 73.2 Å². The van der Waals surface area contributed by atoms with E-state index in [9.17, 15) is 0 Å². The van der Waals surface area contributed by atoms with Crippen LogP contribution in [0.15, 0.2) is 156 Å². The van der Waals surface area contributed by atoms with Gasteiger partial charge in [0, 0.05) is 66.2 Å². The Kier molecular flexibility index (Phi) is 9.51. The van der Waals surface area contributed by atoms with Crippen LogP contribution in [0.2, 0.25) is 0 Å². The molecule has 4 aromatic carbocycles. The van der Waals surface area contributed by atoms with Gasteiger partial charge in [0.1, 0.15) is 0 Å². The van der Waals surface area contributed by atoms with Crippen molar-refractivity contribution in [1.29, 1.82) is 0 Å².